The Bertz CT molecular complexity index is 948. The molecule has 2 atom stereocenters. The number of para-hydroxylation sites is 2. The molecule has 1 heterocycles. The minimum atomic E-state index is -0.386. The van der Waals surface area contributed by atoms with Gasteiger partial charge in [0, 0.05) is 12.6 Å². The van der Waals surface area contributed by atoms with Crippen LogP contribution < -0.4 is 10.6 Å². The zero-order valence-corrected chi connectivity index (χ0v) is 15.1. The van der Waals surface area contributed by atoms with Crippen molar-refractivity contribution in [2.45, 2.75) is 32.9 Å². The summed E-state index contributed by atoms with van der Waals surface area (Å²) in [6.07, 6.45) is 1.69. The molecular weight excluding hydrogens is 328 g/mol. The third-order valence-electron chi connectivity index (χ3n) is 4.34. The third-order valence-corrected chi connectivity index (χ3v) is 4.34. The topological polar surface area (TPSA) is 76.0 Å². The predicted molar refractivity (Wildman–Crippen MR) is 102 cm³/mol. The van der Waals surface area contributed by atoms with Gasteiger partial charge in [0.15, 0.2) is 0 Å². The number of carbonyl (C=O) groups is 2. The minimum Gasteiger partial charge on any atom is -0.348 e. The van der Waals surface area contributed by atoms with Crippen LogP contribution >= 0.6 is 0 Å². The fourth-order valence-electron chi connectivity index (χ4n) is 2.92. The van der Waals surface area contributed by atoms with Crippen LogP contribution in [0.3, 0.4) is 0 Å². The summed E-state index contributed by atoms with van der Waals surface area (Å²) >= 11 is 0. The van der Waals surface area contributed by atoms with Crippen LogP contribution in [0.5, 0.6) is 0 Å². The highest BCUT2D eigenvalue weighted by Gasteiger charge is 2.19. The lowest BCUT2D eigenvalue weighted by molar-refractivity contribution is -0.124. The van der Waals surface area contributed by atoms with E-state index in [4.69, 9.17) is 0 Å². The summed E-state index contributed by atoms with van der Waals surface area (Å²) in [6.45, 7) is 5.24. The Kier molecular flexibility index (Phi) is 5.02. The van der Waals surface area contributed by atoms with Crippen LogP contribution in [0, 0.1) is 0 Å². The molecule has 0 fully saturated rings. The van der Waals surface area contributed by atoms with Gasteiger partial charge in [-0.2, -0.15) is 0 Å². The van der Waals surface area contributed by atoms with Crippen LogP contribution in [0.25, 0.3) is 11.0 Å². The van der Waals surface area contributed by atoms with Gasteiger partial charge in [-0.25, -0.2) is 4.98 Å². The first-order valence-electron chi connectivity index (χ1n) is 8.55. The summed E-state index contributed by atoms with van der Waals surface area (Å²) in [4.78, 5) is 28.3. The van der Waals surface area contributed by atoms with E-state index in [-0.39, 0.29) is 23.9 Å². The first kappa shape index (κ1) is 17.7. The van der Waals surface area contributed by atoms with E-state index in [2.05, 4.69) is 15.6 Å². The monoisotopic (exact) mass is 350 g/mol. The van der Waals surface area contributed by atoms with Crippen LogP contribution in [-0.4, -0.2) is 21.4 Å². The molecule has 0 saturated carbocycles. The van der Waals surface area contributed by atoms with E-state index < -0.39 is 0 Å². The van der Waals surface area contributed by atoms with Gasteiger partial charge in [0.05, 0.1) is 23.4 Å². The maximum atomic E-state index is 12.7. The van der Waals surface area contributed by atoms with Gasteiger partial charge in [0.2, 0.25) is 11.8 Å². The summed E-state index contributed by atoms with van der Waals surface area (Å²) < 4.78 is 1.87. The number of nitrogens with one attached hydrogen (secondary N) is 2. The Morgan fingerprint density at radius 3 is 2.62 bits per heavy atom. The number of benzene rings is 2. The number of aromatic nitrogens is 2. The Morgan fingerprint density at radius 2 is 1.85 bits per heavy atom. The molecule has 0 aliphatic rings. The molecule has 6 nitrogen and oxygen atoms in total. The Hall–Kier alpha value is -3.15. The van der Waals surface area contributed by atoms with Crippen molar-refractivity contribution in [3.8, 4) is 0 Å². The molecular formula is C20H22N4O2. The first-order valence-corrected chi connectivity index (χ1v) is 8.55. The molecule has 2 amide bonds. The molecule has 0 aliphatic heterocycles. The lowest BCUT2D eigenvalue weighted by Crippen LogP contribution is -2.32. The molecule has 26 heavy (non-hydrogen) atoms. The van der Waals surface area contributed by atoms with Gasteiger partial charge in [-0.1, -0.05) is 24.3 Å². The van der Waals surface area contributed by atoms with Gasteiger partial charge in [-0.3, -0.25) is 9.59 Å². The second kappa shape index (κ2) is 7.39. The predicted octanol–water partition coefficient (Wildman–Crippen LogP) is 3.43. The summed E-state index contributed by atoms with van der Waals surface area (Å²) in [7, 11) is 0. The minimum absolute atomic E-state index is 0.0921. The van der Waals surface area contributed by atoms with Crippen molar-refractivity contribution in [2.24, 2.45) is 0 Å². The van der Waals surface area contributed by atoms with Crippen molar-refractivity contribution in [1.29, 1.82) is 0 Å². The first-order chi connectivity index (χ1) is 12.5. The standard InChI is InChI=1S/C20H22N4O2/c1-13(16-7-6-8-17(11-16)23-15(3)25)22-20(26)14(2)24-12-21-18-9-4-5-10-19(18)24/h4-14H,1-3H3,(H,22,26)(H,23,25)/t13-,14+/m0/s1. The maximum Gasteiger partial charge on any atom is 0.243 e. The molecule has 3 rings (SSSR count). The summed E-state index contributed by atoms with van der Waals surface area (Å²) in [5.74, 6) is -0.218. The normalized spacial score (nSPS) is 13.2. The fourth-order valence-corrected chi connectivity index (χ4v) is 2.92. The highest BCUT2D eigenvalue weighted by atomic mass is 16.2. The number of carbonyl (C=O) groups excluding carboxylic acids is 2. The summed E-state index contributed by atoms with van der Waals surface area (Å²) in [6, 6.07) is 14.6. The molecule has 0 bridgehead atoms. The fraction of sp³-hybridized carbons (Fsp3) is 0.250. The molecule has 0 unspecified atom stereocenters. The van der Waals surface area contributed by atoms with Crippen molar-refractivity contribution in [1.82, 2.24) is 14.9 Å². The number of hydrogen-bond acceptors (Lipinski definition) is 3. The zero-order valence-electron chi connectivity index (χ0n) is 15.1. The van der Waals surface area contributed by atoms with Gasteiger partial charge in [-0.05, 0) is 43.7 Å². The SMILES string of the molecule is CC(=O)Nc1cccc([C@H](C)NC(=O)[C@@H](C)n2cnc3ccccc32)c1. The van der Waals surface area contributed by atoms with Crippen molar-refractivity contribution in [3.63, 3.8) is 0 Å². The molecule has 1 aromatic heterocycles. The van der Waals surface area contributed by atoms with E-state index in [1.807, 2.05) is 66.9 Å². The largest absolute Gasteiger partial charge is 0.348 e. The molecule has 0 aliphatic carbocycles. The van der Waals surface area contributed by atoms with Crippen LogP contribution in [0.15, 0.2) is 54.9 Å². The smallest absolute Gasteiger partial charge is 0.243 e. The summed E-state index contributed by atoms with van der Waals surface area (Å²) in [5.41, 5.74) is 3.43. The highest BCUT2D eigenvalue weighted by Crippen LogP contribution is 2.20. The van der Waals surface area contributed by atoms with E-state index in [0.29, 0.717) is 5.69 Å². The van der Waals surface area contributed by atoms with E-state index in [1.165, 1.54) is 6.92 Å². The lowest BCUT2D eigenvalue weighted by atomic mass is 10.1. The van der Waals surface area contributed by atoms with Crippen molar-refractivity contribution in [2.75, 3.05) is 5.32 Å². The summed E-state index contributed by atoms with van der Waals surface area (Å²) in [5, 5.41) is 5.78. The number of imidazole rings is 1. The number of fused-ring (bicyclic) bond motifs is 1. The second-order valence-electron chi connectivity index (χ2n) is 6.35. The van der Waals surface area contributed by atoms with Gasteiger partial charge in [0.1, 0.15) is 6.04 Å². The molecule has 2 aromatic carbocycles. The average Bonchev–Trinajstić information content (AvgIpc) is 3.04. The van der Waals surface area contributed by atoms with E-state index in [1.54, 1.807) is 6.33 Å². The van der Waals surface area contributed by atoms with Gasteiger partial charge in [0.25, 0.3) is 0 Å². The highest BCUT2D eigenvalue weighted by molar-refractivity contribution is 5.88. The molecule has 2 N–H and O–H groups in total. The second-order valence-corrected chi connectivity index (χ2v) is 6.35. The molecule has 0 saturated heterocycles. The number of hydrogen-bond donors (Lipinski definition) is 2. The van der Waals surface area contributed by atoms with Crippen molar-refractivity contribution < 1.29 is 9.59 Å². The van der Waals surface area contributed by atoms with Gasteiger partial charge >= 0.3 is 0 Å². The Balaban J connectivity index is 1.73. The van der Waals surface area contributed by atoms with E-state index >= 15 is 0 Å². The Labute approximate surface area is 152 Å². The van der Waals surface area contributed by atoms with Gasteiger partial charge < -0.3 is 15.2 Å². The van der Waals surface area contributed by atoms with Crippen LogP contribution in [0.1, 0.15) is 38.4 Å². The molecule has 0 spiro atoms. The van der Waals surface area contributed by atoms with Crippen molar-refractivity contribution >= 4 is 28.5 Å². The molecule has 0 radical (unpaired) electrons. The maximum absolute atomic E-state index is 12.7. The Morgan fingerprint density at radius 1 is 1.08 bits per heavy atom. The molecule has 6 heteroatoms. The number of rotatable bonds is 5. The van der Waals surface area contributed by atoms with Crippen LogP contribution in [-0.2, 0) is 9.59 Å². The number of amides is 2. The third kappa shape index (κ3) is 3.74. The van der Waals surface area contributed by atoms with E-state index in [0.717, 1.165) is 16.6 Å². The van der Waals surface area contributed by atoms with Crippen molar-refractivity contribution in [3.05, 3.63) is 60.4 Å². The van der Waals surface area contributed by atoms with E-state index in [9.17, 15) is 9.59 Å². The zero-order chi connectivity index (χ0) is 18.7. The number of anilines is 1. The molecule has 134 valence electrons. The van der Waals surface area contributed by atoms with Gasteiger partial charge in [-0.15, -0.1) is 0 Å². The quantitative estimate of drug-likeness (QED) is 0.740. The van der Waals surface area contributed by atoms with Crippen LogP contribution in [0.2, 0.25) is 0 Å². The van der Waals surface area contributed by atoms with Crippen LogP contribution in [0.4, 0.5) is 5.69 Å². The number of nitrogens with zero attached hydrogens (tertiary/aromatic N) is 2. The average molecular weight is 350 g/mol. The molecule has 3 aromatic rings. The lowest BCUT2D eigenvalue weighted by Gasteiger charge is -2.20.